The first-order valence-electron chi connectivity index (χ1n) is 8.11. The standard InChI is InChI=1S/C19H19N5O2/c1-13-3-5-16(6-4-13)12-26-17-9-7-15(8-10-17)11-20-23-18-14(2)22-24-19(25)21-18/h3-11H,12H2,1-2H3,(H2,21,23,24,25)/b20-11-. The van der Waals surface area contributed by atoms with E-state index in [4.69, 9.17) is 4.74 Å². The lowest BCUT2D eigenvalue weighted by Crippen LogP contribution is -2.15. The summed E-state index contributed by atoms with van der Waals surface area (Å²) in [5, 5.41) is 10.1. The summed E-state index contributed by atoms with van der Waals surface area (Å²) in [6.45, 7) is 4.31. The molecule has 26 heavy (non-hydrogen) atoms. The number of ether oxygens (including phenoxy) is 1. The second kappa shape index (κ2) is 8.06. The fourth-order valence-electron chi connectivity index (χ4n) is 2.17. The molecular weight excluding hydrogens is 330 g/mol. The van der Waals surface area contributed by atoms with Gasteiger partial charge in [0.25, 0.3) is 0 Å². The van der Waals surface area contributed by atoms with Crippen LogP contribution in [0.2, 0.25) is 0 Å². The van der Waals surface area contributed by atoms with Crippen molar-refractivity contribution in [3.8, 4) is 5.75 Å². The second-order valence-corrected chi connectivity index (χ2v) is 5.79. The molecule has 2 N–H and O–H groups in total. The first kappa shape index (κ1) is 17.3. The van der Waals surface area contributed by atoms with Gasteiger partial charge in [-0.05, 0) is 49.2 Å². The summed E-state index contributed by atoms with van der Waals surface area (Å²) in [7, 11) is 0. The zero-order valence-corrected chi connectivity index (χ0v) is 14.6. The van der Waals surface area contributed by atoms with Crippen molar-refractivity contribution >= 4 is 12.0 Å². The van der Waals surface area contributed by atoms with Crippen LogP contribution in [0.1, 0.15) is 22.4 Å². The van der Waals surface area contributed by atoms with E-state index in [1.807, 2.05) is 24.3 Å². The van der Waals surface area contributed by atoms with Crippen LogP contribution in [-0.2, 0) is 6.61 Å². The maximum atomic E-state index is 11.2. The van der Waals surface area contributed by atoms with Crippen molar-refractivity contribution in [1.29, 1.82) is 0 Å². The predicted molar refractivity (Wildman–Crippen MR) is 101 cm³/mol. The normalized spacial score (nSPS) is 10.8. The Morgan fingerprint density at radius 2 is 1.85 bits per heavy atom. The highest BCUT2D eigenvalue weighted by molar-refractivity contribution is 5.80. The van der Waals surface area contributed by atoms with Gasteiger partial charge in [0.15, 0.2) is 5.82 Å². The van der Waals surface area contributed by atoms with Gasteiger partial charge in [-0.15, -0.1) is 0 Å². The summed E-state index contributed by atoms with van der Waals surface area (Å²) in [5.41, 5.74) is 5.98. The van der Waals surface area contributed by atoms with E-state index < -0.39 is 5.69 Å². The monoisotopic (exact) mass is 349 g/mol. The lowest BCUT2D eigenvalue weighted by molar-refractivity contribution is 0.306. The largest absolute Gasteiger partial charge is 0.489 e. The van der Waals surface area contributed by atoms with Crippen LogP contribution in [0.25, 0.3) is 0 Å². The van der Waals surface area contributed by atoms with Gasteiger partial charge in [0.1, 0.15) is 18.1 Å². The third-order valence-corrected chi connectivity index (χ3v) is 3.67. The number of nitrogens with zero attached hydrogens (tertiary/aromatic N) is 3. The zero-order valence-electron chi connectivity index (χ0n) is 14.6. The van der Waals surface area contributed by atoms with Crippen molar-refractivity contribution < 1.29 is 4.74 Å². The summed E-state index contributed by atoms with van der Waals surface area (Å²) < 4.78 is 5.77. The molecule has 132 valence electrons. The van der Waals surface area contributed by atoms with Crippen LogP contribution in [0.4, 0.5) is 5.82 Å². The minimum atomic E-state index is -0.525. The molecule has 0 fully saturated rings. The van der Waals surface area contributed by atoms with E-state index in [2.05, 4.69) is 56.9 Å². The van der Waals surface area contributed by atoms with E-state index in [0.717, 1.165) is 16.9 Å². The molecule has 1 heterocycles. The molecule has 7 heteroatoms. The Balaban J connectivity index is 1.56. The van der Waals surface area contributed by atoms with Crippen molar-refractivity contribution in [3.05, 3.63) is 81.4 Å². The number of aryl methyl sites for hydroxylation is 2. The molecule has 3 aromatic rings. The molecule has 1 aromatic heterocycles. The topological polar surface area (TPSA) is 92.3 Å². The van der Waals surface area contributed by atoms with Crippen LogP contribution in [0.5, 0.6) is 5.75 Å². The summed E-state index contributed by atoms with van der Waals surface area (Å²) in [6.07, 6.45) is 1.63. The highest BCUT2D eigenvalue weighted by atomic mass is 16.5. The number of H-pyrrole nitrogens is 1. The number of aromatic amines is 1. The van der Waals surface area contributed by atoms with E-state index in [9.17, 15) is 4.79 Å². The molecule has 0 amide bonds. The smallest absolute Gasteiger partial charge is 0.363 e. The summed E-state index contributed by atoms with van der Waals surface area (Å²) in [6, 6.07) is 15.8. The van der Waals surface area contributed by atoms with Gasteiger partial charge in [0, 0.05) is 0 Å². The van der Waals surface area contributed by atoms with Crippen molar-refractivity contribution in [2.24, 2.45) is 5.10 Å². The molecule has 0 atom stereocenters. The van der Waals surface area contributed by atoms with Crippen molar-refractivity contribution in [1.82, 2.24) is 15.2 Å². The van der Waals surface area contributed by atoms with Crippen LogP contribution >= 0.6 is 0 Å². The first-order valence-corrected chi connectivity index (χ1v) is 8.11. The maximum Gasteiger partial charge on any atom is 0.363 e. The minimum absolute atomic E-state index is 0.322. The molecule has 0 saturated heterocycles. The number of nitrogens with one attached hydrogen (secondary N) is 2. The summed E-state index contributed by atoms with van der Waals surface area (Å²) >= 11 is 0. The molecule has 0 aliphatic rings. The van der Waals surface area contributed by atoms with Gasteiger partial charge in [-0.1, -0.05) is 29.8 Å². The van der Waals surface area contributed by atoms with Gasteiger partial charge in [-0.2, -0.15) is 15.2 Å². The second-order valence-electron chi connectivity index (χ2n) is 5.79. The van der Waals surface area contributed by atoms with E-state index in [1.54, 1.807) is 13.1 Å². The Morgan fingerprint density at radius 3 is 2.58 bits per heavy atom. The molecular formula is C19H19N5O2. The molecule has 3 rings (SSSR count). The van der Waals surface area contributed by atoms with Crippen LogP contribution in [0.3, 0.4) is 0 Å². The number of rotatable bonds is 6. The third-order valence-electron chi connectivity index (χ3n) is 3.67. The molecule has 0 spiro atoms. The Labute approximate surface area is 150 Å². The summed E-state index contributed by atoms with van der Waals surface area (Å²) in [5.74, 6) is 1.11. The van der Waals surface area contributed by atoms with Gasteiger partial charge < -0.3 is 4.74 Å². The number of aromatic nitrogens is 3. The number of hydrogen-bond donors (Lipinski definition) is 2. The van der Waals surface area contributed by atoms with Crippen LogP contribution in [-0.4, -0.2) is 21.4 Å². The predicted octanol–water partition coefficient (Wildman–Crippen LogP) is 2.81. The molecule has 0 radical (unpaired) electrons. The summed E-state index contributed by atoms with van der Waals surface area (Å²) in [4.78, 5) is 14.9. The highest BCUT2D eigenvalue weighted by Gasteiger charge is 2.00. The zero-order chi connectivity index (χ0) is 18.4. The SMILES string of the molecule is Cc1ccc(COc2ccc(/C=N\Nc3nc(=O)[nH]nc3C)cc2)cc1. The lowest BCUT2D eigenvalue weighted by atomic mass is 10.2. The minimum Gasteiger partial charge on any atom is -0.489 e. The van der Waals surface area contributed by atoms with Gasteiger partial charge in [-0.25, -0.2) is 9.89 Å². The number of anilines is 1. The fourth-order valence-corrected chi connectivity index (χ4v) is 2.17. The van der Waals surface area contributed by atoms with E-state index in [0.29, 0.717) is 18.1 Å². The third kappa shape index (κ3) is 4.76. The first-order chi connectivity index (χ1) is 12.6. The highest BCUT2D eigenvalue weighted by Crippen LogP contribution is 2.14. The Kier molecular flexibility index (Phi) is 5.38. The van der Waals surface area contributed by atoms with Crippen LogP contribution in [0.15, 0.2) is 58.4 Å². The molecule has 0 aliphatic carbocycles. The molecule has 2 aromatic carbocycles. The van der Waals surface area contributed by atoms with E-state index >= 15 is 0 Å². The molecule has 0 aliphatic heterocycles. The van der Waals surface area contributed by atoms with Crippen LogP contribution in [0, 0.1) is 13.8 Å². The molecule has 0 bridgehead atoms. The number of hydrogen-bond acceptors (Lipinski definition) is 6. The lowest BCUT2D eigenvalue weighted by Gasteiger charge is -2.07. The van der Waals surface area contributed by atoms with Gasteiger partial charge >= 0.3 is 5.69 Å². The molecule has 0 unspecified atom stereocenters. The quantitative estimate of drug-likeness (QED) is 0.527. The van der Waals surface area contributed by atoms with Crippen molar-refractivity contribution in [2.75, 3.05) is 5.43 Å². The van der Waals surface area contributed by atoms with E-state index in [-0.39, 0.29) is 0 Å². The van der Waals surface area contributed by atoms with Gasteiger partial charge in [0.05, 0.1) is 6.21 Å². The Hall–Kier alpha value is -3.48. The van der Waals surface area contributed by atoms with Crippen molar-refractivity contribution in [3.63, 3.8) is 0 Å². The van der Waals surface area contributed by atoms with E-state index in [1.165, 1.54) is 5.56 Å². The van der Waals surface area contributed by atoms with Crippen LogP contribution < -0.4 is 15.9 Å². The number of hydrazone groups is 1. The molecule has 0 saturated carbocycles. The maximum absolute atomic E-state index is 11.2. The van der Waals surface area contributed by atoms with Gasteiger partial charge in [-0.3, -0.25) is 5.43 Å². The number of benzene rings is 2. The fraction of sp³-hybridized carbons (Fsp3) is 0.158. The van der Waals surface area contributed by atoms with Crippen molar-refractivity contribution in [2.45, 2.75) is 20.5 Å². The average molecular weight is 349 g/mol. The van der Waals surface area contributed by atoms with Gasteiger partial charge in [0.2, 0.25) is 0 Å². The Bertz CT molecular complexity index is 947. The average Bonchev–Trinajstić information content (AvgIpc) is 2.65. The Morgan fingerprint density at radius 1 is 1.12 bits per heavy atom. The molecule has 7 nitrogen and oxygen atoms in total.